The van der Waals surface area contributed by atoms with E-state index in [4.69, 9.17) is 4.98 Å². The van der Waals surface area contributed by atoms with Crippen molar-refractivity contribution in [1.29, 1.82) is 0 Å². The second-order valence-corrected chi connectivity index (χ2v) is 8.54. The van der Waals surface area contributed by atoms with E-state index in [1.165, 1.54) is 10.9 Å². The van der Waals surface area contributed by atoms with Gasteiger partial charge in [0, 0.05) is 19.1 Å². The first-order valence-corrected chi connectivity index (χ1v) is 10.2. The summed E-state index contributed by atoms with van der Waals surface area (Å²) < 4.78 is 25.3. The summed E-state index contributed by atoms with van der Waals surface area (Å²) in [6, 6.07) is 0.219. The Hall–Kier alpha value is -1.34. The lowest BCUT2D eigenvalue weighted by Gasteiger charge is -2.37. The fraction of sp³-hybridized carbons (Fsp3) is 0.684. The van der Waals surface area contributed by atoms with E-state index >= 15 is 0 Å². The van der Waals surface area contributed by atoms with Crippen LogP contribution in [0.3, 0.4) is 0 Å². The highest BCUT2D eigenvalue weighted by Gasteiger charge is 2.27. The van der Waals surface area contributed by atoms with Gasteiger partial charge in [-0.2, -0.15) is 0 Å². The summed E-state index contributed by atoms with van der Waals surface area (Å²) in [5, 5.41) is 3.40. The number of rotatable bonds is 6. The third-order valence-corrected chi connectivity index (χ3v) is 5.97. The number of piperidine rings is 1. The Balaban J connectivity index is 1.81. The Morgan fingerprint density at radius 3 is 2.58 bits per heavy atom. The van der Waals surface area contributed by atoms with Crippen LogP contribution in [-0.2, 0) is 6.42 Å². The molecular weight excluding hydrogens is 354 g/mol. The summed E-state index contributed by atoms with van der Waals surface area (Å²) in [6.45, 7) is 7.94. The maximum atomic E-state index is 12.6. The van der Waals surface area contributed by atoms with E-state index in [1.54, 1.807) is 23.3 Å². The molecule has 0 unspecified atom stereocenters. The number of halogens is 2. The fourth-order valence-electron chi connectivity index (χ4n) is 3.79. The Labute approximate surface area is 158 Å². The number of hydrogen-bond donors (Lipinski definition) is 0. The molecule has 0 aromatic carbocycles. The number of alkyl halides is 2. The van der Waals surface area contributed by atoms with Crippen LogP contribution in [0.1, 0.15) is 38.1 Å². The lowest BCUT2D eigenvalue weighted by Crippen LogP contribution is -2.45. The molecule has 0 aliphatic carbocycles. The van der Waals surface area contributed by atoms with Crippen LogP contribution in [0.4, 0.5) is 14.6 Å². The Morgan fingerprint density at radius 2 is 1.96 bits per heavy atom. The second-order valence-electron chi connectivity index (χ2n) is 7.68. The van der Waals surface area contributed by atoms with Gasteiger partial charge in [-0.25, -0.2) is 18.7 Å². The monoisotopic (exact) mass is 382 g/mol. The van der Waals surface area contributed by atoms with Gasteiger partial charge in [-0.3, -0.25) is 4.90 Å². The molecule has 3 rings (SSSR count). The first-order chi connectivity index (χ1) is 12.3. The van der Waals surface area contributed by atoms with Crippen LogP contribution in [0.2, 0.25) is 0 Å². The van der Waals surface area contributed by atoms with Crippen molar-refractivity contribution < 1.29 is 8.78 Å². The molecule has 2 aromatic rings. The van der Waals surface area contributed by atoms with Crippen molar-refractivity contribution in [3.05, 3.63) is 16.8 Å². The van der Waals surface area contributed by atoms with Crippen molar-refractivity contribution in [1.82, 2.24) is 14.9 Å². The molecule has 0 bridgehead atoms. The molecule has 144 valence electrons. The second kappa shape index (κ2) is 8.13. The number of nitrogens with zero attached hydrogens (tertiary/aromatic N) is 4. The predicted molar refractivity (Wildman–Crippen MR) is 105 cm³/mol. The molecule has 0 N–H and O–H groups in total. The molecule has 0 radical (unpaired) electrons. The molecule has 7 heteroatoms. The van der Waals surface area contributed by atoms with E-state index in [1.807, 2.05) is 6.92 Å². The van der Waals surface area contributed by atoms with Gasteiger partial charge in [0.15, 0.2) is 0 Å². The van der Waals surface area contributed by atoms with E-state index in [0.717, 1.165) is 48.8 Å². The van der Waals surface area contributed by atoms with Crippen molar-refractivity contribution in [2.75, 3.05) is 31.6 Å². The van der Waals surface area contributed by atoms with Crippen LogP contribution in [0.15, 0.2) is 5.38 Å². The lowest BCUT2D eigenvalue weighted by molar-refractivity contribution is 0.0743. The third-order valence-electron chi connectivity index (χ3n) is 5.04. The van der Waals surface area contributed by atoms with Crippen LogP contribution in [0, 0.1) is 12.8 Å². The highest BCUT2D eigenvalue weighted by atomic mass is 32.1. The quantitative estimate of drug-likeness (QED) is 0.743. The van der Waals surface area contributed by atoms with Crippen LogP contribution in [0.5, 0.6) is 0 Å². The minimum absolute atomic E-state index is 0.148. The zero-order valence-corrected chi connectivity index (χ0v) is 16.8. The molecule has 4 nitrogen and oxygen atoms in total. The van der Waals surface area contributed by atoms with Gasteiger partial charge in [-0.1, -0.05) is 13.8 Å². The highest BCUT2D eigenvalue weighted by molar-refractivity contribution is 7.17. The van der Waals surface area contributed by atoms with Gasteiger partial charge in [0.25, 0.3) is 6.43 Å². The molecule has 1 aliphatic heterocycles. The molecule has 1 saturated heterocycles. The summed E-state index contributed by atoms with van der Waals surface area (Å²) >= 11 is 1.69. The third kappa shape index (κ3) is 4.31. The van der Waals surface area contributed by atoms with Crippen molar-refractivity contribution in [3.8, 4) is 0 Å². The number of fused-ring (bicyclic) bond motifs is 1. The van der Waals surface area contributed by atoms with Gasteiger partial charge in [0.2, 0.25) is 0 Å². The van der Waals surface area contributed by atoms with E-state index in [0.29, 0.717) is 5.92 Å². The van der Waals surface area contributed by atoms with Crippen molar-refractivity contribution in [2.24, 2.45) is 5.92 Å². The number of anilines is 1. The lowest BCUT2D eigenvalue weighted by atomic mass is 10.0. The van der Waals surface area contributed by atoms with E-state index in [-0.39, 0.29) is 12.6 Å². The summed E-state index contributed by atoms with van der Waals surface area (Å²) in [5.74, 6) is 2.40. The van der Waals surface area contributed by atoms with Crippen molar-refractivity contribution in [3.63, 3.8) is 0 Å². The number of hydrogen-bond acceptors (Lipinski definition) is 5. The normalized spacial score (nSPS) is 16.6. The maximum Gasteiger partial charge on any atom is 0.251 e. The fourth-order valence-corrected chi connectivity index (χ4v) is 4.78. The van der Waals surface area contributed by atoms with Crippen LogP contribution in [0.25, 0.3) is 10.2 Å². The van der Waals surface area contributed by atoms with Crippen LogP contribution < -0.4 is 4.90 Å². The molecule has 1 aliphatic rings. The van der Waals surface area contributed by atoms with Gasteiger partial charge < -0.3 is 4.90 Å². The molecule has 0 atom stereocenters. The number of thiophene rings is 1. The highest BCUT2D eigenvalue weighted by Crippen LogP contribution is 2.35. The van der Waals surface area contributed by atoms with Gasteiger partial charge in [0.05, 0.1) is 11.9 Å². The smallest absolute Gasteiger partial charge is 0.251 e. The first-order valence-electron chi connectivity index (χ1n) is 9.33. The van der Waals surface area contributed by atoms with Gasteiger partial charge in [-0.05, 0) is 50.1 Å². The molecule has 0 spiro atoms. The topological polar surface area (TPSA) is 32.3 Å². The number of aryl methyl sites for hydroxylation is 1. The predicted octanol–water partition coefficient (Wildman–Crippen LogP) is 4.36. The average molecular weight is 383 g/mol. The first kappa shape index (κ1) is 19.4. The Morgan fingerprint density at radius 1 is 1.27 bits per heavy atom. The molecular formula is C19H28F2N4S. The Bertz CT molecular complexity index is 738. The summed E-state index contributed by atoms with van der Waals surface area (Å²) in [5.41, 5.74) is 1.33. The minimum Gasteiger partial charge on any atom is -0.356 e. The van der Waals surface area contributed by atoms with E-state index in [2.05, 4.69) is 29.1 Å². The number of aromatic nitrogens is 2. The standard InChI is InChI=1S/C19H28F2N4S/c1-12(2)9-14-11-26-19-17(14)18(22-13(3)23-19)25-7-5-15(6-8-25)24(4)10-16(20)21/h11-12,15-16H,5-10H2,1-4H3. The molecule has 26 heavy (non-hydrogen) atoms. The molecule has 1 fully saturated rings. The largest absolute Gasteiger partial charge is 0.356 e. The molecule has 3 heterocycles. The SMILES string of the molecule is Cc1nc(N2CCC(N(C)CC(F)F)CC2)c2c(CC(C)C)csc2n1. The van der Waals surface area contributed by atoms with Crippen molar-refractivity contribution in [2.45, 2.75) is 52.5 Å². The maximum absolute atomic E-state index is 12.6. The van der Waals surface area contributed by atoms with Gasteiger partial charge in [-0.15, -0.1) is 11.3 Å². The van der Waals surface area contributed by atoms with Gasteiger partial charge in [0.1, 0.15) is 16.5 Å². The summed E-state index contributed by atoms with van der Waals surface area (Å²) in [7, 11) is 1.80. The van der Waals surface area contributed by atoms with Crippen molar-refractivity contribution >= 4 is 27.4 Å². The molecule has 0 saturated carbocycles. The summed E-state index contributed by atoms with van der Waals surface area (Å²) in [4.78, 5) is 14.6. The molecule has 0 amide bonds. The average Bonchev–Trinajstić information content (AvgIpc) is 2.95. The van der Waals surface area contributed by atoms with Gasteiger partial charge >= 0.3 is 0 Å². The zero-order valence-electron chi connectivity index (χ0n) is 16.0. The van der Waals surface area contributed by atoms with E-state index < -0.39 is 6.43 Å². The Kier molecular flexibility index (Phi) is 6.07. The zero-order chi connectivity index (χ0) is 18.8. The van der Waals surface area contributed by atoms with E-state index in [9.17, 15) is 8.78 Å². The summed E-state index contributed by atoms with van der Waals surface area (Å²) in [6.07, 6.45) is 0.522. The molecule has 2 aromatic heterocycles. The van der Waals surface area contributed by atoms with Crippen LogP contribution in [-0.4, -0.2) is 54.0 Å². The minimum atomic E-state index is -2.27. The van der Waals surface area contributed by atoms with Crippen LogP contribution >= 0.6 is 11.3 Å².